The van der Waals surface area contributed by atoms with Crippen molar-refractivity contribution in [3.05, 3.63) is 137 Å². The molecular weight excluding hydrogens is 647 g/mol. The molecule has 4 heteroatoms. The Bertz CT molecular complexity index is 1500. The van der Waals surface area contributed by atoms with Crippen LogP contribution in [0.25, 0.3) is 22.3 Å². The van der Waals surface area contributed by atoms with E-state index in [0.29, 0.717) is 0 Å². The van der Waals surface area contributed by atoms with E-state index in [1.54, 1.807) is 12.5 Å². The number of rotatable bonds is 3. The zero-order valence-corrected chi connectivity index (χ0v) is 30.4. The predicted octanol–water partition coefficient (Wildman–Crippen LogP) is 4.21. The van der Waals surface area contributed by atoms with Crippen LogP contribution in [0.3, 0.4) is 0 Å². The predicted molar refractivity (Wildman–Crippen MR) is 172 cm³/mol. The number of furan rings is 1. The van der Waals surface area contributed by atoms with Crippen LogP contribution in [0.5, 0.6) is 0 Å². The molecule has 4 aromatic carbocycles. The van der Waals surface area contributed by atoms with Crippen LogP contribution in [0, 0.1) is 13.0 Å². The second-order valence-corrected chi connectivity index (χ2v) is 13.8. The van der Waals surface area contributed by atoms with Gasteiger partial charge in [0.1, 0.15) is 0 Å². The fourth-order valence-electron chi connectivity index (χ4n) is 5.01. The molecule has 5 aromatic rings. The Kier molecular flexibility index (Phi) is 13.8. The molecule has 0 radical (unpaired) electrons. The molecule has 0 spiro atoms. The molecule has 1 aromatic heterocycles. The Morgan fingerprint density at radius 1 is 0.837 bits per heavy atom. The van der Waals surface area contributed by atoms with E-state index in [-0.39, 0.29) is 35.6 Å². The van der Waals surface area contributed by atoms with Gasteiger partial charge in [0.2, 0.25) is 0 Å². The van der Waals surface area contributed by atoms with Crippen molar-refractivity contribution in [3.63, 3.8) is 0 Å². The van der Waals surface area contributed by atoms with E-state index in [1.807, 2.05) is 12.1 Å². The summed E-state index contributed by atoms with van der Waals surface area (Å²) in [4.78, 5) is 0. The fraction of sp³-hybridized carbons (Fsp3) is 0.282. The molecule has 43 heavy (non-hydrogen) atoms. The van der Waals surface area contributed by atoms with Crippen molar-refractivity contribution in [2.45, 2.75) is 72.1 Å². The molecule has 0 saturated heterocycles. The van der Waals surface area contributed by atoms with Gasteiger partial charge in [0, 0.05) is 12.5 Å². The van der Waals surface area contributed by atoms with Gasteiger partial charge in [-0.05, 0) is 28.4 Å². The summed E-state index contributed by atoms with van der Waals surface area (Å²) < 4.78 is 7.25. The SMILES string of the molecule is CC(C)(C)c1[c-]c2c(cc1)-c1ccc(C(C)(C)C)cc1C2.Cc1ccc[c-]1-c1ccoc1.[Cl-].[Cl-].[Zr+2]=[CH]Cc1ccccc1. The molecule has 0 atom stereocenters. The molecule has 0 N–H and O–H groups in total. The third-order valence-corrected chi connectivity index (χ3v) is 8.01. The second-order valence-electron chi connectivity index (χ2n) is 12.8. The van der Waals surface area contributed by atoms with Crippen molar-refractivity contribution >= 4 is 3.71 Å². The van der Waals surface area contributed by atoms with Gasteiger partial charge in [0.25, 0.3) is 0 Å². The van der Waals surface area contributed by atoms with Crippen molar-refractivity contribution in [1.82, 2.24) is 0 Å². The first-order valence-corrected chi connectivity index (χ1v) is 15.9. The molecule has 1 aliphatic rings. The average molecular weight is 689 g/mol. The van der Waals surface area contributed by atoms with E-state index in [0.717, 1.165) is 18.4 Å². The van der Waals surface area contributed by atoms with Gasteiger partial charge < -0.3 is 29.2 Å². The van der Waals surface area contributed by atoms with Gasteiger partial charge in [0.15, 0.2) is 0 Å². The van der Waals surface area contributed by atoms with E-state index < -0.39 is 0 Å². The number of aryl methyl sites for hydroxylation is 1. The monoisotopic (exact) mass is 686 g/mol. The molecule has 1 aliphatic carbocycles. The molecule has 0 saturated carbocycles. The van der Waals surface area contributed by atoms with Crippen LogP contribution >= 0.6 is 0 Å². The van der Waals surface area contributed by atoms with E-state index in [4.69, 9.17) is 4.42 Å². The maximum absolute atomic E-state index is 4.99. The molecule has 0 unspecified atom stereocenters. The van der Waals surface area contributed by atoms with Crippen LogP contribution in [0.1, 0.15) is 74.9 Å². The summed E-state index contributed by atoms with van der Waals surface area (Å²) in [6.45, 7) is 15.7. The summed E-state index contributed by atoms with van der Waals surface area (Å²) >= 11 is 1.51. The summed E-state index contributed by atoms with van der Waals surface area (Å²) in [6.07, 6.45) is 5.61. The Labute approximate surface area is 286 Å². The first-order chi connectivity index (χ1) is 19.5. The van der Waals surface area contributed by atoms with Gasteiger partial charge in [-0.3, -0.25) is 0 Å². The van der Waals surface area contributed by atoms with E-state index in [9.17, 15) is 0 Å². The molecular formula is C39H42Cl2OZr-2. The molecule has 0 aliphatic heterocycles. The summed E-state index contributed by atoms with van der Waals surface area (Å²) in [5, 5.41) is 0. The maximum atomic E-state index is 4.99. The number of benzene rings is 3. The number of hydrogen-bond donors (Lipinski definition) is 0. The van der Waals surface area contributed by atoms with Crippen LogP contribution in [0.4, 0.5) is 0 Å². The van der Waals surface area contributed by atoms with Crippen LogP contribution in [-0.4, -0.2) is 3.71 Å². The Hall–Kier alpha value is -2.38. The summed E-state index contributed by atoms with van der Waals surface area (Å²) in [5.41, 5.74) is 13.8. The number of hydrogen-bond acceptors (Lipinski definition) is 1. The molecule has 224 valence electrons. The molecule has 0 bridgehead atoms. The number of halogens is 2. The van der Waals surface area contributed by atoms with Crippen molar-refractivity contribution in [3.8, 4) is 22.3 Å². The molecule has 1 heterocycles. The van der Waals surface area contributed by atoms with Gasteiger partial charge in [-0.15, -0.1) is 28.8 Å². The fourth-order valence-corrected chi connectivity index (χ4v) is 5.59. The van der Waals surface area contributed by atoms with Crippen molar-refractivity contribution in [2.75, 3.05) is 0 Å². The van der Waals surface area contributed by atoms with Crippen molar-refractivity contribution in [1.29, 1.82) is 0 Å². The van der Waals surface area contributed by atoms with Gasteiger partial charge in [-0.25, -0.2) is 0 Å². The van der Waals surface area contributed by atoms with Crippen molar-refractivity contribution < 1.29 is 53.5 Å². The van der Waals surface area contributed by atoms with Gasteiger partial charge in [-0.2, -0.15) is 29.8 Å². The molecule has 0 fully saturated rings. The third-order valence-electron chi connectivity index (χ3n) is 7.51. The van der Waals surface area contributed by atoms with Gasteiger partial charge in [-0.1, -0.05) is 89.4 Å². The van der Waals surface area contributed by atoms with Crippen LogP contribution in [0.15, 0.2) is 102 Å². The summed E-state index contributed by atoms with van der Waals surface area (Å²) in [5.74, 6) is 0. The van der Waals surface area contributed by atoms with Crippen molar-refractivity contribution in [2.24, 2.45) is 0 Å². The summed E-state index contributed by atoms with van der Waals surface area (Å²) in [7, 11) is 0. The minimum absolute atomic E-state index is 0. The second kappa shape index (κ2) is 16.1. The Balaban J connectivity index is 0.000000247. The Morgan fingerprint density at radius 2 is 1.53 bits per heavy atom. The van der Waals surface area contributed by atoms with Crippen LogP contribution in [-0.2, 0) is 47.9 Å². The van der Waals surface area contributed by atoms with E-state index in [2.05, 4.69) is 131 Å². The number of fused-ring (bicyclic) bond motifs is 3. The third kappa shape index (κ3) is 9.81. The van der Waals surface area contributed by atoms with Gasteiger partial charge in [0.05, 0.1) is 0 Å². The van der Waals surface area contributed by atoms with Gasteiger partial charge >= 0.3 is 70.3 Å². The molecule has 1 nitrogen and oxygen atoms in total. The standard InChI is InChI=1S/C21H25.C10H9O.C8H8.2ClH.Zr/c1-20(2,3)16-7-9-18-14(12-16)11-15-13-17(21(4,5)6)8-10-19(15)18;1-8-3-2-4-10(8)9-5-6-11-7-9;1-2-8-6-4-3-5-7-8;;;/h7-10,12H,11H2,1-6H3;2-7H,1H3;1,3-7H,2H2;2*1H;/q2*-1;;;;+2/p-2. The zero-order valence-electron chi connectivity index (χ0n) is 26.4. The zero-order chi connectivity index (χ0) is 29.6. The average Bonchev–Trinajstić information content (AvgIpc) is 3.68. The molecule has 6 rings (SSSR count). The van der Waals surface area contributed by atoms with Crippen LogP contribution < -0.4 is 24.8 Å². The minimum atomic E-state index is 0. The van der Waals surface area contributed by atoms with E-state index >= 15 is 0 Å². The quantitative estimate of drug-likeness (QED) is 0.254. The molecule has 0 amide bonds. The van der Waals surface area contributed by atoms with Crippen LogP contribution in [0.2, 0.25) is 0 Å². The Morgan fingerprint density at radius 3 is 2.09 bits per heavy atom. The van der Waals surface area contributed by atoms with E-state index in [1.165, 1.54) is 74.3 Å². The first kappa shape index (κ1) is 36.8. The first-order valence-electron chi connectivity index (χ1n) is 14.4. The summed E-state index contributed by atoms with van der Waals surface area (Å²) in [6, 6.07) is 33.9. The topological polar surface area (TPSA) is 13.1 Å². The normalized spacial score (nSPS) is 11.4.